The molecule has 1 aliphatic carbocycles. The maximum atomic E-state index is 13.1. The summed E-state index contributed by atoms with van der Waals surface area (Å²) in [5.74, 6) is -1.82. The molecule has 0 spiro atoms. The lowest BCUT2D eigenvalue weighted by Gasteiger charge is -2.17. The lowest BCUT2D eigenvalue weighted by molar-refractivity contribution is -0.141. The molecule has 1 aromatic rings. The van der Waals surface area contributed by atoms with Crippen molar-refractivity contribution < 1.29 is 19.1 Å². The van der Waals surface area contributed by atoms with Gasteiger partial charge < -0.3 is 10.4 Å². The number of carboxylic acid groups (broad SMARTS) is 1. The molecular weight excluding hydrogens is 273 g/mol. The van der Waals surface area contributed by atoms with Crippen molar-refractivity contribution in [3.8, 4) is 0 Å². The van der Waals surface area contributed by atoms with Gasteiger partial charge in [-0.1, -0.05) is 19.1 Å². The number of carbonyl (C=O) groups excluding carboxylic acids is 1. The van der Waals surface area contributed by atoms with E-state index in [4.69, 9.17) is 5.11 Å². The SMILES string of the molecule is CC(Cc1cccc(F)c1)C(=O)N[C@H]1CC[C@@H](C(=O)O)C1. The Morgan fingerprint density at radius 3 is 2.81 bits per heavy atom. The number of aliphatic carboxylic acids is 1. The van der Waals surface area contributed by atoms with E-state index < -0.39 is 5.97 Å². The number of hydrogen-bond donors (Lipinski definition) is 2. The van der Waals surface area contributed by atoms with Crippen molar-refractivity contribution in [3.63, 3.8) is 0 Å². The van der Waals surface area contributed by atoms with Crippen LogP contribution in [0.2, 0.25) is 0 Å². The van der Waals surface area contributed by atoms with Gasteiger partial charge in [0, 0.05) is 12.0 Å². The molecule has 1 fully saturated rings. The van der Waals surface area contributed by atoms with E-state index in [1.165, 1.54) is 12.1 Å². The monoisotopic (exact) mass is 293 g/mol. The van der Waals surface area contributed by atoms with Gasteiger partial charge in [-0.25, -0.2) is 4.39 Å². The molecule has 1 aliphatic rings. The molecular formula is C16H20FNO3. The van der Waals surface area contributed by atoms with Gasteiger partial charge in [0.15, 0.2) is 0 Å². The fraction of sp³-hybridized carbons (Fsp3) is 0.500. The van der Waals surface area contributed by atoms with E-state index in [-0.39, 0.29) is 29.6 Å². The minimum atomic E-state index is -0.792. The lowest BCUT2D eigenvalue weighted by Crippen LogP contribution is -2.37. The van der Waals surface area contributed by atoms with E-state index in [0.717, 1.165) is 5.56 Å². The molecule has 1 saturated carbocycles. The third kappa shape index (κ3) is 4.28. The molecule has 0 aromatic heterocycles. The van der Waals surface area contributed by atoms with Gasteiger partial charge in [0.1, 0.15) is 5.82 Å². The van der Waals surface area contributed by atoms with E-state index in [0.29, 0.717) is 25.7 Å². The van der Waals surface area contributed by atoms with Crippen molar-refractivity contribution in [2.45, 2.75) is 38.6 Å². The van der Waals surface area contributed by atoms with Gasteiger partial charge in [-0.05, 0) is 43.4 Å². The number of hydrogen-bond acceptors (Lipinski definition) is 2. The zero-order chi connectivity index (χ0) is 15.4. The summed E-state index contributed by atoms with van der Waals surface area (Å²) in [6.45, 7) is 1.80. The Labute approximate surface area is 123 Å². The summed E-state index contributed by atoms with van der Waals surface area (Å²) in [4.78, 5) is 23.0. The number of halogens is 1. The van der Waals surface area contributed by atoms with E-state index >= 15 is 0 Å². The molecule has 114 valence electrons. The van der Waals surface area contributed by atoms with Crippen LogP contribution in [0.15, 0.2) is 24.3 Å². The fourth-order valence-electron chi connectivity index (χ4n) is 2.79. The van der Waals surface area contributed by atoms with Crippen molar-refractivity contribution in [1.82, 2.24) is 5.32 Å². The molecule has 0 heterocycles. The fourth-order valence-corrected chi connectivity index (χ4v) is 2.79. The maximum absolute atomic E-state index is 13.1. The lowest BCUT2D eigenvalue weighted by atomic mass is 9.99. The largest absolute Gasteiger partial charge is 0.481 e. The second-order valence-corrected chi connectivity index (χ2v) is 5.79. The van der Waals surface area contributed by atoms with Crippen molar-refractivity contribution in [2.75, 3.05) is 0 Å². The summed E-state index contributed by atoms with van der Waals surface area (Å²) in [7, 11) is 0. The van der Waals surface area contributed by atoms with Crippen LogP contribution >= 0.6 is 0 Å². The van der Waals surface area contributed by atoms with E-state index in [9.17, 15) is 14.0 Å². The van der Waals surface area contributed by atoms with Gasteiger partial charge in [0.2, 0.25) is 5.91 Å². The van der Waals surface area contributed by atoms with Gasteiger partial charge in [0.05, 0.1) is 5.92 Å². The highest BCUT2D eigenvalue weighted by Crippen LogP contribution is 2.26. The smallest absolute Gasteiger partial charge is 0.306 e. The second kappa shape index (κ2) is 6.70. The zero-order valence-corrected chi connectivity index (χ0v) is 12.0. The van der Waals surface area contributed by atoms with Gasteiger partial charge in [-0.3, -0.25) is 9.59 Å². The Balaban J connectivity index is 1.84. The first-order chi connectivity index (χ1) is 9.95. The predicted octanol–water partition coefficient (Wildman–Crippen LogP) is 2.37. The van der Waals surface area contributed by atoms with Gasteiger partial charge in [-0.15, -0.1) is 0 Å². The summed E-state index contributed by atoms with van der Waals surface area (Å²) in [5, 5.41) is 11.8. The Kier molecular flexibility index (Phi) is 4.94. The number of amides is 1. The Hall–Kier alpha value is -1.91. The number of rotatable bonds is 5. The number of benzene rings is 1. The van der Waals surface area contributed by atoms with E-state index in [1.54, 1.807) is 19.1 Å². The highest BCUT2D eigenvalue weighted by Gasteiger charge is 2.31. The molecule has 1 aromatic carbocycles. The summed E-state index contributed by atoms with van der Waals surface area (Å²) in [6.07, 6.45) is 2.28. The summed E-state index contributed by atoms with van der Waals surface area (Å²) < 4.78 is 13.1. The molecule has 0 bridgehead atoms. The summed E-state index contributed by atoms with van der Waals surface area (Å²) in [6, 6.07) is 6.17. The van der Waals surface area contributed by atoms with Crippen LogP contribution in [0, 0.1) is 17.7 Å². The minimum Gasteiger partial charge on any atom is -0.481 e. The first kappa shape index (κ1) is 15.5. The minimum absolute atomic E-state index is 0.0615. The van der Waals surface area contributed by atoms with Crippen LogP contribution in [0.3, 0.4) is 0 Å². The molecule has 0 radical (unpaired) electrons. The molecule has 5 heteroatoms. The first-order valence-electron chi connectivity index (χ1n) is 7.23. The molecule has 4 nitrogen and oxygen atoms in total. The molecule has 2 N–H and O–H groups in total. The third-order valence-corrected chi connectivity index (χ3v) is 4.01. The van der Waals surface area contributed by atoms with Crippen LogP contribution in [-0.2, 0) is 16.0 Å². The Morgan fingerprint density at radius 2 is 2.19 bits per heavy atom. The standard InChI is InChI=1S/C16H20FNO3/c1-10(7-11-3-2-4-13(17)8-11)15(19)18-14-6-5-12(9-14)16(20)21/h2-4,8,10,12,14H,5-7,9H2,1H3,(H,18,19)(H,20,21)/t10?,12-,14+/m1/s1. The summed E-state index contributed by atoms with van der Waals surface area (Å²) in [5.41, 5.74) is 0.785. The molecule has 0 aliphatic heterocycles. The Morgan fingerprint density at radius 1 is 1.43 bits per heavy atom. The molecule has 21 heavy (non-hydrogen) atoms. The molecule has 1 unspecified atom stereocenters. The van der Waals surface area contributed by atoms with Crippen LogP contribution in [0.25, 0.3) is 0 Å². The van der Waals surface area contributed by atoms with Crippen molar-refractivity contribution in [3.05, 3.63) is 35.6 Å². The van der Waals surface area contributed by atoms with E-state index in [1.807, 2.05) is 0 Å². The van der Waals surface area contributed by atoms with Crippen LogP contribution in [0.5, 0.6) is 0 Å². The topological polar surface area (TPSA) is 66.4 Å². The molecule has 1 amide bonds. The molecule has 0 saturated heterocycles. The van der Waals surface area contributed by atoms with Crippen LogP contribution < -0.4 is 5.32 Å². The highest BCUT2D eigenvalue weighted by molar-refractivity contribution is 5.79. The number of nitrogens with one attached hydrogen (secondary N) is 1. The second-order valence-electron chi connectivity index (χ2n) is 5.79. The Bertz CT molecular complexity index is 532. The average molecular weight is 293 g/mol. The van der Waals surface area contributed by atoms with Gasteiger partial charge >= 0.3 is 5.97 Å². The molecule has 3 atom stereocenters. The third-order valence-electron chi connectivity index (χ3n) is 4.01. The van der Waals surface area contributed by atoms with Crippen LogP contribution in [0.1, 0.15) is 31.7 Å². The zero-order valence-electron chi connectivity index (χ0n) is 12.0. The normalized spacial score (nSPS) is 22.8. The average Bonchev–Trinajstić information content (AvgIpc) is 2.87. The first-order valence-corrected chi connectivity index (χ1v) is 7.23. The highest BCUT2D eigenvalue weighted by atomic mass is 19.1. The predicted molar refractivity (Wildman–Crippen MR) is 76.2 cm³/mol. The van der Waals surface area contributed by atoms with Crippen molar-refractivity contribution >= 4 is 11.9 Å². The van der Waals surface area contributed by atoms with E-state index in [2.05, 4.69) is 5.32 Å². The van der Waals surface area contributed by atoms with Gasteiger partial charge in [-0.2, -0.15) is 0 Å². The quantitative estimate of drug-likeness (QED) is 0.876. The van der Waals surface area contributed by atoms with Crippen molar-refractivity contribution in [1.29, 1.82) is 0 Å². The summed E-state index contributed by atoms with van der Waals surface area (Å²) >= 11 is 0. The van der Waals surface area contributed by atoms with Crippen LogP contribution in [-0.4, -0.2) is 23.0 Å². The number of carboxylic acids is 1. The molecule has 2 rings (SSSR count). The van der Waals surface area contributed by atoms with Gasteiger partial charge in [0.25, 0.3) is 0 Å². The van der Waals surface area contributed by atoms with Crippen molar-refractivity contribution in [2.24, 2.45) is 11.8 Å². The number of carbonyl (C=O) groups is 2. The van der Waals surface area contributed by atoms with Crippen LogP contribution in [0.4, 0.5) is 4.39 Å². The maximum Gasteiger partial charge on any atom is 0.306 e.